The normalized spacial score (nSPS) is 10.9. The number of carbonyl (C=O) groups is 2. The summed E-state index contributed by atoms with van der Waals surface area (Å²) in [6.45, 7) is 0.163. The second kappa shape index (κ2) is 9.59. The molecule has 2 aromatic carbocycles. The van der Waals surface area contributed by atoms with Crippen LogP contribution in [0.25, 0.3) is 0 Å². The second-order valence-corrected chi connectivity index (χ2v) is 5.67. The molecular weight excluding hydrogens is 377 g/mol. The molecule has 6 nitrogen and oxygen atoms in total. The van der Waals surface area contributed by atoms with Crippen LogP contribution < -0.4 is 10.1 Å². The lowest BCUT2D eigenvalue weighted by atomic mass is 10.2. The van der Waals surface area contributed by atoms with Crippen LogP contribution in [0.4, 0.5) is 10.1 Å². The first-order valence-corrected chi connectivity index (χ1v) is 8.12. The predicted octanol–water partition coefficient (Wildman–Crippen LogP) is 3.70. The van der Waals surface area contributed by atoms with E-state index in [0.29, 0.717) is 17.0 Å². The van der Waals surface area contributed by atoms with Crippen LogP contribution >= 0.6 is 11.6 Å². The quantitative estimate of drug-likeness (QED) is 0.571. The lowest BCUT2D eigenvalue weighted by Gasteiger charge is -2.12. The smallest absolute Gasteiger partial charge is 0.354 e. The predicted molar refractivity (Wildman–Crippen MR) is 97.9 cm³/mol. The average molecular weight is 394 g/mol. The number of benzene rings is 2. The zero-order chi connectivity index (χ0) is 19.8. The van der Waals surface area contributed by atoms with E-state index >= 15 is 0 Å². The number of ether oxygens (including phenoxy) is 3. The Kier molecular flexibility index (Phi) is 7.19. The zero-order valence-corrected chi connectivity index (χ0v) is 15.4. The molecule has 0 aliphatic rings. The van der Waals surface area contributed by atoms with Crippen LogP contribution in [0.1, 0.15) is 5.56 Å². The van der Waals surface area contributed by atoms with Crippen LogP contribution in [0, 0.1) is 5.82 Å². The van der Waals surface area contributed by atoms with Gasteiger partial charge in [-0.25, -0.2) is 14.0 Å². The molecule has 0 amide bonds. The maximum atomic E-state index is 13.2. The molecule has 0 spiro atoms. The summed E-state index contributed by atoms with van der Waals surface area (Å²) in [5.74, 6) is -1.38. The van der Waals surface area contributed by atoms with E-state index in [1.807, 2.05) is 0 Å². The molecule has 0 fully saturated rings. The van der Waals surface area contributed by atoms with Gasteiger partial charge in [0.15, 0.2) is 0 Å². The molecule has 0 heterocycles. The van der Waals surface area contributed by atoms with E-state index in [1.54, 1.807) is 24.3 Å². The van der Waals surface area contributed by atoms with Crippen LogP contribution in [0.3, 0.4) is 0 Å². The molecule has 0 atom stereocenters. The maximum absolute atomic E-state index is 13.2. The summed E-state index contributed by atoms with van der Waals surface area (Å²) in [5, 5.41) is 2.96. The summed E-state index contributed by atoms with van der Waals surface area (Å²) in [6.07, 6.45) is 0.955. The topological polar surface area (TPSA) is 73.9 Å². The summed E-state index contributed by atoms with van der Waals surface area (Å²) in [5.41, 5.74) is 0.886. The van der Waals surface area contributed by atoms with E-state index in [0.717, 1.165) is 6.08 Å². The number of nitrogens with one attached hydrogen (secondary N) is 1. The average Bonchev–Trinajstić information content (AvgIpc) is 2.66. The van der Waals surface area contributed by atoms with Crippen molar-refractivity contribution in [1.82, 2.24) is 0 Å². The maximum Gasteiger partial charge on any atom is 0.354 e. The summed E-state index contributed by atoms with van der Waals surface area (Å²) >= 11 is 6.20. The summed E-state index contributed by atoms with van der Waals surface area (Å²) in [4.78, 5) is 23.2. The van der Waals surface area contributed by atoms with E-state index in [-0.39, 0.29) is 23.1 Å². The molecule has 0 aliphatic heterocycles. The van der Waals surface area contributed by atoms with E-state index in [2.05, 4.69) is 14.8 Å². The van der Waals surface area contributed by atoms with Gasteiger partial charge >= 0.3 is 11.9 Å². The van der Waals surface area contributed by atoms with Crippen molar-refractivity contribution >= 4 is 29.2 Å². The van der Waals surface area contributed by atoms with Crippen LogP contribution in [0.5, 0.6) is 5.75 Å². The number of methoxy groups -OCH3 is 2. The summed E-state index contributed by atoms with van der Waals surface area (Å²) < 4.78 is 27.9. The van der Waals surface area contributed by atoms with Crippen molar-refractivity contribution in [3.63, 3.8) is 0 Å². The monoisotopic (exact) mass is 393 g/mol. The molecule has 142 valence electrons. The molecule has 1 N–H and O–H groups in total. The molecule has 8 heteroatoms. The minimum atomic E-state index is -0.761. The van der Waals surface area contributed by atoms with Gasteiger partial charge in [0.05, 0.1) is 31.0 Å². The Bertz CT molecular complexity index is 869. The highest BCUT2D eigenvalue weighted by atomic mass is 35.5. The first kappa shape index (κ1) is 20.3. The van der Waals surface area contributed by atoms with Crippen molar-refractivity contribution < 1.29 is 28.2 Å². The molecule has 2 aromatic rings. The lowest BCUT2D eigenvalue weighted by molar-refractivity contribution is -0.138. The van der Waals surface area contributed by atoms with Gasteiger partial charge in [0.2, 0.25) is 0 Å². The molecule has 0 saturated heterocycles. The molecule has 0 bridgehead atoms. The Morgan fingerprint density at radius 3 is 2.56 bits per heavy atom. The third-order valence-corrected chi connectivity index (χ3v) is 3.69. The second-order valence-electron chi connectivity index (χ2n) is 5.26. The Morgan fingerprint density at radius 1 is 1.15 bits per heavy atom. The zero-order valence-electron chi connectivity index (χ0n) is 14.6. The van der Waals surface area contributed by atoms with Gasteiger partial charge < -0.3 is 19.5 Å². The standard InChI is InChI=1S/C19H17ClFNO5/c1-25-18(23)10-17(19(24)26-2)22-16-7-6-14(9-15(16)20)27-11-12-4-3-5-13(21)8-12/h3-10,22H,11H2,1-2H3/b17-10+. The van der Waals surface area contributed by atoms with Gasteiger partial charge in [0.25, 0.3) is 0 Å². The number of halogens is 2. The van der Waals surface area contributed by atoms with Crippen molar-refractivity contribution in [1.29, 1.82) is 0 Å². The third kappa shape index (κ3) is 6.00. The molecule has 0 unspecified atom stereocenters. The molecule has 0 aromatic heterocycles. The largest absolute Gasteiger partial charge is 0.489 e. The minimum absolute atomic E-state index is 0.139. The lowest BCUT2D eigenvalue weighted by Crippen LogP contribution is -2.15. The van der Waals surface area contributed by atoms with Crippen LogP contribution in [0.2, 0.25) is 5.02 Å². The number of anilines is 1. The third-order valence-electron chi connectivity index (χ3n) is 3.37. The summed E-state index contributed by atoms with van der Waals surface area (Å²) in [7, 11) is 2.37. The van der Waals surface area contributed by atoms with Crippen molar-refractivity contribution in [3.05, 3.63) is 70.6 Å². The van der Waals surface area contributed by atoms with Crippen molar-refractivity contribution in [2.24, 2.45) is 0 Å². The highest BCUT2D eigenvalue weighted by Gasteiger charge is 2.14. The fourth-order valence-electron chi connectivity index (χ4n) is 2.06. The fourth-order valence-corrected chi connectivity index (χ4v) is 2.28. The van der Waals surface area contributed by atoms with Gasteiger partial charge in [0.1, 0.15) is 23.9 Å². The van der Waals surface area contributed by atoms with Crippen LogP contribution in [-0.2, 0) is 25.7 Å². The summed E-state index contributed by atoms with van der Waals surface area (Å²) in [6, 6.07) is 10.8. The van der Waals surface area contributed by atoms with Gasteiger partial charge in [-0.15, -0.1) is 0 Å². The number of rotatable bonds is 7. The Balaban J connectivity index is 2.11. The molecule has 0 radical (unpaired) electrons. The highest BCUT2D eigenvalue weighted by molar-refractivity contribution is 6.33. The number of hydrogen-bond acceptors (Lipinski definition) is 6. The number of hydrogen-bond donors (Lipinski definition) is 1. The Hall–Kier alpha value is -3.06. The van der Waals surface area contributed by atoms with Gasteiger partial charge in [-0.05, 0) is 29.8 Å². The van der Waals surface area contributed by atoms with Gasteiger partial charge in [-0.2, -0.15) is 0 Å². The first-order valence-electron chi connectivity index (χ1n) is 7.74. The van der Waals surface area contributed by atoms with Crippen LogP contribution in [0.15, 0.2) is 54.2 Å². The van der Waals surface area contributed by atoms with E-state index in [9.17, 15) is 14.0 Å². The number of carbonyl (C=O) groups excluding carboxylic acids is 2. The van der Waals surface area contributed by atoms with Crippen molar-refractivity contribution in [2.75, 3.05) is 19.5 Å². The minimum Gasteiger partial charge on any atom is -0.489 e. The van der Waals surface area contributed by atoms with Gasteiger partial charge in [-0.1, -0.05) is 23.7 Å². The van der Waals surface area contributed by atoms with E-state index in [1.165, 1.54) is 32.4 Å². The molecule has 2 rings (SSSR count). The van der Waals surface area contributed by atoms with Crippen molar-refractivity contribution in [3.8, 4) is 5.75 Å². The first-order chi connectivity index (χ1) is 12.9. The fraction of sp³-hybridized carbons (Fsp3) is 0.158. The van der Waals surface area contributed by atoms with Crippen molar-refractivity contribution in [2.45, 2.75) is 6.61 Å². The molecule has 0 aliphatic carbocycles. The SMILES string of the molecule is COC(=O)/C=C(/Nc1ccc(OCc2cccc(F)c2)cc1Cl)C(=O)OC. The van der Waals surface area contributed by atoms with Crippen LogP contribution in [-0.4, -0.2) is 26.2 Å². The van der Waals surface area contributed by atoms with E-state index in [4.69, 9.17) is 16.3 Å². The van der Waals surface area contributed by atoms with E-state index < -0.39 is 11.9 Å². The van der Waals surface area contributed by atoms with Gasteiger partial charge in [-0.3, -0.25) is 0 Å². The Morgan fingerprint density at radius 2 is 1.93 bits per heavy atom. The molecule has 27 heavy (non-hydrogen) atoms. The highest BCUT2D eigenvalue weighted by Crippen LogP contribution is 2.28. The Labute approximate surface area is 160 Å². The number of esters is 2. The molecular formula is C19H17ClFNO5. The van der Waals surface area contributed by atoms with Gasteiger partial charge in [0, 0.05) is 6.07 Å². The molecule has 0 saturated carbocycles.